The number of benzene rings is 2. The third-order valence-electron chi connectivity index (χ3n) is 3.30. The highest BCUT2D eigenvalue weighted by Crippen LogP contribution is 2.38. The van der Waals surface area contributed by atoms with Gasteiger partial charge in [-0.25, -0.2) is 9.78 Å². The molecule has 0 saturated carbocycles. The number of carbonyl (C=O) groups excluding carboxylic acids is 1. The van der Waals surface area contributed by atoms with Crippen molar-refractivity contribution in [3.63, 3.8) is 0 Å². The molecule has 5 heteroatoms. The van der Waals surface area contributed by atoms with Gasteiger partial charge in [-0.2, -0.15) is 0 Å². The smallest absolute Gasteiger partial charge is 0.413 e. The van der Waals surface area contributed by atoms with Crippen molar-refractivity contribution < 1.29 is 9.53 Å². The number of anilines is 1. The fourth-order valence-electron chi connectivity index (χ4n) is 2.29. The molecule has 0 aliphatic heterocycles. The Kier molecular flexibility index (Phi) is 4.86. The van der Waals surface area contributed by atoms with Crippen LogP contribution in [0, 0.1) is 0 Å². The van der Waals surface area contributed by atoms with E-state index in [-0.39, 0.29) is 0 Å². The first-order valence-corrected chi connectivity index (χ1v) is 8.86. The van der Waals surface area contributed by atoms with Crippen LogP contribution in [-0.4, -0.2) is 16.7 Å². The van der Waals surface area contributed by atoms with Gasteiger partial charge in [0.25, 0.3) is 0 Å². The summed E-state index contributed by atoms with van der Waals surface area (Å²) in [6.07, 6.45) is -0.505. The van der Waals surface area contributed by atoms with E-state index in [9.17, 15) is 4.79 Å². The molecule has 1 amide bonds. The summed E-state index contributed by atoms with van der Waals surface area (Å²) in [5, 5.41) is 3.65. The Morgan fingerprint density at radius 1 is 0.960 bits per heavy atom. The van der Waals surface area contributed by atoms with Crippen LogP contribution in [0.15, 0.2) is 60.7 Å². The number of carbonyl (C=O) groups is 1. The summed E-state index contributed by atoms with van der Waals surface area (Å²) in [6.45, 7) is 5.50. The van der Waals surface area contributed by atoms with Crippen LogP contribution in [0.4, 0.5) is 10.6 Å². The normalized spacial score (nSPS) is 11.2. The van der Waals surface area contributed by atoms with Crippen LogP contribution in [0.3, 0.4) is 0 Å². The zero-order valence-corrected chi connectivity index (χ0v) is 15.3. The molecule has 0 radical (unpaired) electrons. The second-order valence-electron chi connectivity index (χ2n) is 6.56. The number of thiazole rings is 1. The van der Waals surface area contributed by atoms with Gasteiger partial charge >= 0.3 is 6.09 Å². The van der Waals surface area contributed by atoms with Gasteiger partial charge in [0.2, 0.25) is 0 Å². The Bertz CT molecular complexity index is 852. The first kappa shape index (κ1) is 17.2. The molecule has 3 rings (SSSR count). The number of nitrogens with one attached hydrogen (secondary N) is 1. The molecular weight excluding hydrogens is 332 g/mol. The number of nitrogens with zero attached hydrogens (tertiary/aromatic N) is 1. The molecule has 128 valence electrons. The molecule has 0 unspecified atom stereocenters. The second kappa shape index (κ2) is 7.07. The summed E-state index contributed by atoms with van der Waals surface area (Å²) in [6, 6.07) is 19.8. The standard InChI is InChI=1S/C20H20N2O2S/c1-20(2,3)24-19(23)22-17-16(14-10-6-4-7-11-14)25-18(21-17)15-12-8-5-9-13-15/h4-13H,1-3H3,(H,22,23). The van der Waals surface area contributed by atoms with Crippen LogP contribution in [0.2, 0.25) is 0 Å². The Morgan fingerprint density at radius 3 is 2.08 bits per heavy atom. The van der Waals surface area contributed by atoms with E-state index in [0.717, 1.165) is 21.0 Å². The zero-order chi connectivity index (χ0) is 17.9. The van der Waals surface area contributed by atoms with Gasteiger partial charge in [0.1, 0.15) is 10.6 Å². The maximum atomic E-state index is 12.2. The number of hydrogen-bond acceptors (Lipinski definition) is 4. The minimum atomic E-state index is -0.560. The van der Waals surface area contributed by atoms with Crippen molar-refractivity contribution >= 4 is 23.2 Å². The van der Waals surface area contributed by atoms with Crippen molar-refractivity contribution in [1.29, 1.82) is 0 Å². The molecule has 0 saturated heterocycles. The second-order valence-corrected chi connectivity index (χ2v) is 7.55. The van der Waals surface area contributed by atoms with E-state index in [1.165, 1.54) is 0 Å². The van der Waals surface area contributed by atoms with Crippen molar-refractivity contribution in [2.24, 2.45) is 0 Å². The highest BCUT2D eigenvalue weighted by atomic mass is 32.1. The Morgan fingerprint density at radius 2 is 1.52 bits per heavy atom. The lowest BCUT2D eigenvalue weighted by Gasteiger charge is -2.19. The molecule has 0 aliphatic carbocycles. The van der Waals surface area contributed by atoms with Gasteiger partial charge in [-0.05, 0) is 26.3 Å². The topological polar surface area (TPSA) is 51.2 Å². The Hall–Kier alpha value is -2.66. The van der Waals surface area contributed by atoms with Crippen molar-refractivity contribution in [1.82, 2.24) is 4.98 Å². The number of rotatable bonds is 3. The lowest BCUT2D eigenvalue weighted by atomic mass is 10.2. The lowest BCUT2D eigenvalue weighted by Crippen LogP contribution is -2.27. The van der Waals surface area contributed by atoms with Gasteiger partial charge in [-0.15, -0.1) is 11.3 Å². The number of amides is 1. The van der Waals surface area contributed by atoms with Crippen LogP contribution < -0.4 is 5.32 Å². The number of ether oxygens (including phenoxy) is 1. The Labute approximate surface area is 151 Å². The average molecular weight is 352 g/mol. The van der Waals surface area contributed by atoms with E-state index in [2.05, 4.69) is 10.3 Å². The van der Waals surface area contributed by atoms with Gasteiger partial charge in [0, 0.05) is 5.56 Å². The minimum absolute atomic E-state index is 0.505. The molecule has 0 fully saturated rings. The molecule has 0 spiro atoms. The first-order chi connectivity index (χ1) is 11.9. The summed E-state index contributed by atoms with van der Waals surface area (Å²) in [5.74, 6) is 0.518. The highest BCUT2D eigenvalue weighted by molar-refractivity contribution is 7.19. The van der Waals surface area contributed by atoms with Crippen LogP contribution in [0.5, 0.6) is 0 Å². The maximum absolute atomic E-state index is 12.2. The van der Waals surface area contributed by atoms with Crippen LogP contribution in [0.25, 0.3) is 21.0 Å². The van der Waals surface area contributed by atoms with Gasteiger partial charge in [0.05, 0.1) is 4.88 Å². The highest BCUT2D eigenvalue weighted by Gasteiger charge is 2.20. The third-order valence-corrected chi connectivity index (χ3v) is 4.46. The van der Waals surface area contributed by atoms with E-state index in [4.69, 9.17) is 4.74 Å². The van der Waals surface area contributed by atoms with Crippen molar-refractivity contribution in [3.8, 4) is 21.0 Å². The maximum Gasteiger partial charge on any atom is 0.413 e. The van der Waals surface area contributed by atoms with Crippen molar-refractivity contribution in [2.45, 2.75) is 26.4 Å². The quantitative estimate of drug-likeness (QED) is 0.646. The van der Waals surface area contributed by atoms with Gasteiger partial charge in [-0.1, -0.05) is 60.7 Å². The van der Waals surface area contributed by atoms with E-state index in [1.54, 1.807) is 11.3 Å². The predicted molar refractivity (Wildman–Crippen MR) is 103 cm³/mol. The molecule has 25 heavy (non-hydrogen) atoms. The molecule has 4 nitrogen and oxygen atoms in total. The van der Waals surface area contributed by atoms with Crippen molar-refractivity contribution in [3.05, 3.63) is 60.7 Å². The summed E-state index contributed by atoms with van der Waals surface area (Å²) >= 11 is 1.54. The largest absolute Gasteiger partial charge is 0.444 e. The molecule has 1 N–H and O–H groups in total. The molecule has 2 aromatic carbocycles. The molecule has 0 aliphatic rings. The molecular formula is C20H20N2O2S. The summed E-state index contributed by atoms with van der Waals surface area (Å²) < 4.78 is 5.36. The summed E-state index contributed by atoms with van der Waals surface area (Å²) in [4.78, 5) is 17.7. The van der Waals surface area contributed by atoms with Gasteiger partial charge in [-0.3, -0.25) is 5.32 Å². The van der Waals surface area contributed by atoms with Gasteiger partial charge in [0.15, 0.2) is 5.82 Å². The SMILES string of the molecule is CC(C)(C)OC(=O)Nc1nc(-c2ccccc2)sc1-c1ccccc1. The summed E-state index contributed by atoms with van der Waals surface area (Å²) in [5.41, 5.74) is 1.46. The van der Waals surface area contributed by atoms with Crippen LogP contribution in [-0.2, 0) is 4.74 Å². The predicted octanol–water partition coefficient (Wildman–Crippen LogP) is 5.82. The minimum Gasteiger partial charge on any atom is -0.444 e. The monoisotopic (exact) mass is 352 g/mol. The van der Waals surface area contributed by atoms with Crippen LogP contribution in [0.1, 0.15) is 20.8 Å². The summed E-state index contributed by atoms with van der Waals surface area (Å²) in [7, 11) is 0. The fourth-order valence-corrected chi connectivity index (χ4v) is 3.33. The zero-order valence-electron chi connectivity index (χ0n) is 14.4. The van der Waals surface area contributed by atoms with E-state index >= 15 is 0 Å². The average Bonchev–Trinajstić information content (AvgIpc) is 2.98. The molecule has 3 aromatic rings. The van der Waals surface area contributed by atoms with E-state index in [1.807, 2.05) is 81.4 Å². The fraction of sp³-hybridized carbons (Fsp3) is 0.200. The first-order valence-electron chi connectivity index (χ1n) is 8.04. The molecule has 1 aromatic heterocycles. The molecule has 0 bridgehead atoms. The molecule has 1 heterocycles. The van der Waals surface area contributed by atoms with E-state index in [0.29, 0.717) is 5.82 Å². The van der Waals surface area contributed by atoms with Crippen molar-refractivity contribution in [2.75, 3.05) is 5.32 Å². The van der Waals surface area contributed by atoms with Crippen LogP contribution >= 0.6 is 11.3 Å². The Balaban J connectivity index is 1.98. The van der Waals surface area contributed by atoms with Gasteiger partial charge < -0.3 is 4.74 Å². The molecule has 0 atom stereocenters. The number of hydrogen-bond donors (Lipinski definition) is 1. The lowest BCUT2D eigenvalue weighted by molar-refractivity contribution is 0.0635. The third kappa shape index (κ3) is 4.45. The number of aromatic nitrogens is 1. The van der Waals surface area contributed by atoms with E-state index < -0.39 is 11.7 Å².